The second-order valence-corrected chi connectivity index (χ2v) is 5.72. The standard InChI is InChI=1S/C17H25N5O/c1-3-4-5-6-14(2)21-17(23)20-12-15-7-8-16(19-11-15)22-10-9-18-13-22/h7-11,13-14H,3-6,12H2,1-2H3,(H2,20,21,23). The first kappa shape index (κ1) is 17.0. The van der Waals surface area contributed by atoms with Crippen LogP contribution in [0.3, 0.4) is 0 Å². The molecule has 23 heavy (non-hydrogen) atoms. The van der Waals surface area contributed by atoms with Crippen molar-refractivity contribution in [2.45, 2.75) is 52.1 Å². The summed E-state index contributed by atoms with van der Waals surface area (Å²) in [6, 6.07) is 3.92. The van der Waals surface area contributed by atoms with Crippen molar-refractivity contribution in [3.63, 3.8) is 0 Å². The van der Waals surface area contributed by atoms with Gasteiger partial charge in [-0.1, -0.05) is 32.3 Å². The van der Waals surface area contributed by atoms with Crippen LogP contribution in [0.25, 0.3) is 5.82 Å². The molecule has 124 valence electrons. The van der Waals surface area contributed by atoms with Gasteiger partial charge in [0, 0.05) is 31.2 Å². The van der Waals surface area contributed by atoms with E-state index in [2.05, 4.69) is 27.5 Å². The lowest BCUT2D eigenvalue weighted by atomic mass is 10.1. The maximum absolute atomic E-state index is 11.9. The van der Waals surface area contributed by atoms with Gasteiger partial charge in [-0.05, 0) is 25.0 Å². The highest BCUT2D eigenvalue weighted by molar-refractivity contribution is 5.74. The molecule has 0 saturated carbocycles. The highest BCUT2D eigenvalue weighted by Gasteiger charge is 2.06. The van der Waals surface area contributed by atoms with Crippen LogP contribution in [0.5, 0.6) is 0 Å². The largest absolute Gasteiger partial charge is 0.336 e. The Labute approximate surface area is 137 Å². The van der Waals surface area contributed by atoms with Gasteiger partial charge in [-0.2, -0.15) is 0 Å². The molecule has 0 aliphatic rings. The number of carbonyl (C=O) groups excluding carboxylic acids is 1. The molecule has 0 spiro atoms. The maximum Gasteiger partial charge on any atom is 0.315 e. The second-order valence-electron chi connectivity index (χ2n) is 5.72. The molecule has 0 saturated heterocycles. The van der Waals surface area contributed by atoms with Gasteiger partial charge in [-0.25, -0.2) is 14.8 Å². The first-order valence-electron chi connectivity index (χ1n) is 8.16. The fraction of sp³-hybridized carbons (Fsp3) is 0.471. The molecular formula is C17H25N5O. The van der Waals surface area contributed by atoms with Crippen LogP contribution in [0.4, 0.5) is 4.79 Å². The Morgan fingerprint density at radius 2 is 2.22 bits per heavy atom. The number of aromatic nitrogens is 3. The molecule has 0 aromatic carbocycles. The van der Waals surface area contributed by atoms with Crippen molar-refractivity contribution in [2.24, 2.45) is 0 Å². The van der Waals surface area contributed by atoms with Crippen LogP contribution in [0.1, 0.15) is 45.1 Å². The number of amides is 2. The zero-order valence-electron chi connectivity index (χ0n) is 13.8. The topological polar surface area (TPSA) is 71.8 Å². The summed E-state index contributed by atoms with van der Waals surface area (Å²) < 4.78 is 1.84. The van der Waals surface area contributed by atoms with Crippen molar-refractivity contribution in [1.29, 1.82) is 0 Å². The van der Waals surface area contributed by atoms with Gasteiger partial charge in [0.1, 0.15) is 12.1 Å². The summed E-state index contributed by atoms with van der Waals surface area (Å²) in [6.07, 6.45) is 11.6. The third-order valence-electron chi connectivity index (χ3n) is 3.65. The van der Waals surface area contributed by atoms with Crippen LogP contribution in [-0.4, -0.2) is 26.6 Å². The average molecular weight is 315 g/mol. The van der Waals surface area contributed by atoms with Crippen molar-refractivity contribution >= 4 is 6.03 Å². The van der Waals surface area contributed by atoms with Crippen molar-refractivity contribution in [3.05, 3.63) is 42.6 Å². The molecule has 0 aliphatic carbocycles. The highest BCUT2D eigenvalue weighted by atomic mass is 16.2. The summed E-state index contributed by atoms with van der Waals surface area (Å²) in [7, 11) is 0. The van der Waals surface area contributed by atoms with Gasteiger partial charge in [0.15, 0.2) is 0 Å². The third kappa shape index (κ3) is 5.73. The lowest BCUT2D eigenvalue weighted by Gasteiger charge is -2.14. The Hall–Kier alpha value is -2.37. The van der Waals surface area contributed by atoms with E-state index in [9.17, 15) is 4.79 Å². The minimum absolute atomic E-state index is 0.132. The number of carbonyl (C=O) groups is 1. The minimum atomic E-state index is -0.132. The Bertz CT molecular complexity index is 580. The number of hydrogen-bond acceptors (Lipinski definition) is 3. The second kappa shape index (κ2) is 8.92. The normalized spacial score (nSPS) is 11.9. The van der Waals surface area contributed by atoms with E-state index in [4.69, 9.17) is 0 Å². The summed E-state index contributed by atoms with van der Waals surface area (Å²) in [5.74, 6) is 0.806. The number of urea groups is 1. The smallest absolute Gasteiger partial charge is 0.315 e. The van der Waals surface area contributed by atoms with E-state index in [-0.39, 0.29) is 12.1 Å². The summed E-state index contributed by atoms with van der Waals surface area (Å²) in [6.45, 7) is 4.68. The van der Waals surface area contributed by atoms with E-state index in [0.717, 1.165) is 24.2 Å². The fourth-order valence-electron chi connectivity index (χ4n) is 2.30. The molecule has 6 heteroatoms. The monoisotopic (exact) mass is 315 g/mol. The minimum Gasteiger partial charge on any atom is -0.336 e. The molecule has 0 aliphatic heterocycles. The zero-order valence-corrected chi connectivity index (χ0v) is 13.8. The maximum atomic E-state index is 11.9. The number of pyridine rings is 1. The zero-order chi connectivity index (χ0) is 16.5. The average Bonchev–Trinajstić information content (AvgIpc) is 3.08. The van der Waals surface area contributed by atoms with Crippen molar-refractivity contribution in [1.82, 2.24) is 25.2 Å². The predicted molar refractivity (Wildman–Crippen MR) is 90.3 cm³/mol. The predicted octanol–water partition coefficient (Wildman–Crippen LogP) is 3.04. The quantitative estimate of drug-likeness (QED) is 0.736. The van der Waals surface area contributed by atoms with E-state index in [1.807, 2.05) is 29.8 Å². The molecule has 0 radical (unpaired) electrons. The first-order valence-corrected chi connectivity index (χ1v) is 8.16. The Morgan fingerprint density at radius 3 is 2.87 bits per heavy atom. The van der Waals surface area contributed by atoms with Gasteiger partial charge >= 0.3 is 6.03 Å². The Morgan fingerprint density at radius 1 is 1.35 bits per heavy atom. The van der Waals surface area contributed by atoms with Crippen LogP contribution in [0.15, 0.2) is 37.1 Å². The lowest BCUT2D eigenvalue weighted by Crippen LogP contribution is -2.40. The van der Waals surface area contributed by atoms with Crippen molar-refractivity contribution in [3.8, 4) is 5.82 Å². The Balaban J connectivity index is 1.74. The third-order valence-corrected chi connectivity index (χ3v) is 3.65. The van der Waals surface area contributed by atoms with Crippen molar-refractivity contribution in [2.75, 3.05) is 0 Å². The van der Waals surface area contributed by atoms with E-state index in [1.54, 1.807) is 18.7 Å². The highest BCUT2D eigenvalue weighted by Crippen LogP contribution is 2.05. The fourth-order valence-corrected chi connectivity index (χ4v) is 2.30. The number of unbranched alkanes of at least 4 members (excludes halogenated alkanes) is 2. The number of nitrogens with one attached hydrogen (secondary N) is 2. The summed E-state index contributed by atoms with van der Waals surface area (Å²) in [5, 5.41) is 5.83. The molecule has 2 heterocycles. The Kier molecular flexibility index (Phi) is 6.59. The molecule has 6 nitrogen and oxygen atoms in total. The molecule has 2 N–H and O–H groups in total. The van der Waals surface area contributed by atoms with E-state index < -0.39 is 0 Å². The van der Waals surface area contributed by atoms with Crippen LogP contribution in [0, 0.1) is 0 Å². The van der Waals surface area contributed by atoms with Crippen LogP contribution in [0.2, 0.25) is 0 Å². The van der Waals surface area contributed by atoms with Gasteiger partial charge < -0.3 is 10.6 Å². The number of hydrogen-bond donors (Lipinski definition) is 2. The molecule has 0 fully saturated rings. The van der Waals surface area contributed by atoms with Crippen LogP contribution < -0.4 is 10.6 Å². The molecule has 2 aromatic rings. The van der Waals surface area contributed by atoms with Gasteiger partial charge in [0.2, 0.25) is 0 Å². The molecule has 1 unspecified atom stereocenters. The first-order chi connectivity index (χ1) is 11.2. The molecule has 0 bridgehead atoms. The van der Waals surface area contributed by atoms with E-state index in [0.29, 0.717) is 6.54 Å². The van der Waals surface area contributed by atoms with Crippen LogP contribution >= 0.6 is 0 Å². The SMILES string of the molecule is CCCCCC(C)NC(=O)NCc1ccc(-n2ccnc2)nc1. The number of imidazole rings is 1. The van der Waals surface area contributed by atoms with E-state index >= 15 is 0 Å². The van der Waals surface area contributed by atoms with Gasteiger partial charge in [0.25, 0.3) is 0 Å². The van der Waals surface area contributed by atoms with Gasteiger partial charge in [0.05, 0.1) is 0 Å². The van der Waals surface area contributed by atoms with Gasteiger partial charge in [-0.15, -0.1) is 0 Å². The number of nitrogens with zero attached hydrogens (tertiary/aromatic N) is 3. The van der Waals surface area contributed by atoms with Gasteiger partial charge in [-0.3, -0.25) is 4.57 Å². The summed E-state index contributed by atoms with van der Waals surface area (Å²) in [5.41, 5.74) is 0.961. The van der Waals surface area contributed by atoms with Crippen molar-refractivity contribution < 1.29 is 4.79 Å². The molecule has 2 rings (SSSR count). The van der Waals surface area contributed by atoms with E-state index in [1.165, 1.54) is 12.8 Å². The lowest BCUT2D eigenvalue weighted by molar-refractivity contribution is 0.236. The molecular weight excluding hydrogens is 290 g/mol. The summed E-state index contributed by atoms with van der Waals surface area (Å²) in [4.78, 5) is 20.2. The van der Waals surface area contributed by atoms with Crippen LogP contribution in [-0.2, 0) is 6.54 Å². The molecule has 2 amide bonds. The molecule has 1 atom stereocenters. The molecule has 2 aromatic heterocycles. The summed E-state index contributed by atoms with van der Waals surface area (Å²) >= 11 is 0. The number of rotatable bonds is 8.